The Labute approximate surface area is 111 Å². The van der Waals surface area contributed by atoms with E-state index in [4.69, 9.17) is 5.73 Å². The Morgan fingerprint density at radius 2 is 2.00 bits per heavy atom. The third kappa shape index (κ3) is 3.38. The van der Waals surface area contributed by atoms with Gasteiger partial charge in [-0.25, -0.2) is 18.4 Å². The first-order valence-corrected chi connectivity index (χ1v) is 7.26. The van der Waals surface area contributed by atoms with E-state index in [9.17, 15) is 8.42 Å². The minimum atomic E-state index is -3.34. The number of sulfonamides is 1. The third-order valence-corrected chi connectivity index (χ3v) is 2.93. The van der Waals surface area contributed by atoms with Gasteiger partial charge in [-0.15, -0.1) is 0 Å². The van der Waals surface area contributed by atoms with Crippen LogP contribution in [0.15, 0.2) is 24.7 Å². The molecule has 0 fully saturated rings. The standard InChI is InChI=1S/C11H13N5O2S/c1-7-11(12)14-6-10(15-7)8-3-9(5-13-4-8)16-19(2,17)18/h3-6,16H,1-2H3,(H2,12,14). The van der Waals surface area contributed by atoms with E-state index >= 15 is 0 Å². The Morgan fingerprint density at radius 3 is 2.63 bits per heavy atom. The average molecular weight is 279 g/mol. The van der Waals surface area contributed by atoms with Crippen LogP contribution in [0.5, 0.6) is 0 Å². The zero-order valence-electron chi connectivity index (χ0n) is 10.5. The molecule has 8 heteroatoms. The van der Waals surface area contributed by atoms with Gasteiger partial charge in [0.25, 0.3) is 0 Å². The van der Waals surface area contributed by atoms with Crippen molar-refractivity contribution in [3.8, 4) is 11.3 Å². The molecule has 0 saturated carbocycles. The first-order valence-electron chi connectivity index (χ1n) is 5.37. The third-order valence-electron chi connectivity index (χ3n) is 2.32. The molecular formula is C11H13N5O2S. The van der Waals surface area contributed by atoms with Crippen LogP contribution in [-0.2, 0) is 10.0 Å². The van der Waals surface area contributed by atoms with Crippen molar-refractivity contribution in [1.29, 1.82) is 0 Å². The van der Waals surface area contributed by atoms with Crippen LogP contribution in [0.2, 0.25) is 0 Å². The monoisotopic (exact) mass is 279 g/mol. The number of anilines is 2. The quantitative estimate of drug-likeness (QED) is 0.859. The van der Waals surface area contributed by atoms with Gasteiger partial charge in [0.1, 0.15) is 5.82 Å². The molecule has 100 valence electrons. The highest BCUT2D eigenvalue weighted by molar-refractivity contribution is 7.92. The first-order chi connectivity index (χ1) is 8.85. The number of nitrogens with zero attached hydrogens (tertiary/aromatic N) is 3. The van der Waals surface area contributed by atoms with Gasteiger partial charge in [0, 0.05) is 11.8 Å². The number of hydrogen-bond donors (Lipinski definition) is 2. The molecule has 0 saturated heterocycles. The van der Waals surface area contributed by atoms with Crippen LogP contribution in [0, 0.1) is 6.92 Å². The molecule has 7 nitrogen and oxygen atoms in total. The van der Waals surface area contributed by atoms with Crippen molar-refractivity contribution >= 4 is 21.5 Å². The average Bonchev–Trinajstić information content (AvgIpc) is 2.31. The highest BCUT2D eigenvalue weighted by Crippen LogP contribution is 2.20. The summed E-state index contributed by atoms with van der Waals surface area (Å²) in [4.78, 5) is 12.3. The summed E-state index contributed by atoms with van der Waals surface area (Å²) in [6, 6.07) is 1.63. The highest BCUT2D eigenvalue weighted by atomic mass is 32.2. The van der Waals surface area contributed by atoms with Gasteiger partial charge in [-0.1, -0.05) is 0 Å². The summed E-state index contributed by atoms with van der Waals surface area (Å²) in [5.74, 6) is 0.363. The van der Waals surface area contributed by atoms with Crippen molar-refractivity contribution in [2.45, 2.75) is 6.92 Å². The predicted octanol–water partition coefficient (Wildman–Crippen LogP) is 0.801. The second-order valence-corrected chi connectivity index (χ2v) is 5.81. The minimum absolute atomic E-state index is 0.363. The number of hydrogen-bond acceptors (Lipinski definition) is 6. The van der Waals surface area contributed by atoms with E-state index < -0.39 is 10.0 Å². The van der Waals surface area contributed by atoms with Gasteiger partial charge in [0.15, 0.2) is 0 Å². The van der Waals surface area contributed by atoms with E-state index in [0.717, 1.165) is 6.26 Å². The molecule has 0 amide bonds. The van der Waals surface area contributed by atoms with Gasteiger partial charge in [-0.2, -0.15) is 0 Å². The molecule has 0 aliphatic rings. The van der Waals surface area contributed by atoms with Crippen molar-refractivity contribution in [2.75, 3.05) is 16.7 Å². The number of aromatic nitrogens is 3. The number of aryl methyl sites for hydroxylation is 1. The van der Waals surface area contributed by atoms with Crippen LogP contribution in [0.1, 0.15) is 5.69 Å². The lowest BCUT2D eigenvalue weighted by atomic mass is 10.2. The topological polar surface area (TPSA) is 111 Å². The van der Waals surface area contributed by atoms with Gasteiger partial charge in [-0.05, 0) is 13.0 Å². The highest BCUT2D eigenvalue weighted by Gasteiger charge is 2.07. The van der Waals surface area contributed by atoms with Crippen LogP contribution in [0.4, 0.5) is 11.5 Å². The molecular weight excluding hydrogens is 266 g/mol. The fourth-order valence-electron chi connectivity index (χ4n) is 1.48. The molecule has 19 heavy (non-hydrogen) atoms. The maximum atomic E-state index is 11.2. The maximum Gasteiger partial charge on any atom is 0.229 e. The molecule has 2 rings (SSSR count). The molecule has 0 spiro atoms. The Bertz CT molecular complexity index is 715. The number of nitrogens with one attached hydrogen (secondary N) is 1. The van der Waals surface area contributed by atoms with E-state index in [1.807, 2.05) is 0 Å². The molecule has 0 bridgehead atoms. The minimum Gasteiger partial charge on any atom is -0.382 e. The van der Waals surface area contributed by atoms with E-state index in [1.54, 1.807) is 19.2 Å². The number of pyridine rings is 1. The van der Waals surface area contributed by atoms with Crippen molar-refractivity contribution in [1.82, 2.24) is 15.0 Å². The Hall–Kier alpha value is -2.22. The smallest absolute Gasteiger partial charge is 0.229 e. The Morgan fingerprint density at radius 1 is 1.26 bits per heavy atom. The van der Waals surface area contributed by atoms with Gasteiger partial charge >= 0.3 is 0 Å². The predicted molar refractivity (Wildman–Crippen MR) is 72.9 cm³/mol. The second-order valence-electron chi connectivity index (χ2n) is 4.06. The van der Waals surface area contributed by atoms with E-state index in [-0.39, 0.29) is 0 Å². The van der Waals surface area contributed by atoms with Gasteiger partial charge < -0.3 is 5.73 Å². The second kappa shape index (κ2) is 4.81. The SMILES string of the molecule is Cc1nc(-c2cncc(NS(C)(=O)=O)c2)cnc1N. The van der Waals surface area contributed by atoms with Crippen molar-refractivity contribution < 1.29 is 8.42 Å². The van der Waals surface area contributed by atoms with Crippen LogP contribution in [-0.4, -0.2) is 29.6 Å². The largest absolute Gasteiger partial charge is 0.382 e. The zero-order chi connectivity index (χ0) is 14.0. The summed E-state index contributed by atoms with van der Waals surface area (Å²) in [5, 5.41) is 0. The molecule has 0 atom stereocenters. The fourth-order valence-corrected chi connectivity index (χ4v) is 2.02. The van der Waals surface area contributed by atoms with Gasteiger partial charge in [0.2, 0.25) is 10.0 Å². The molecule has 2 heterocycles. The van der Waals surface area contributed by atoms with Gasteiger partial charge in [-0.3, -0.25) is 9.71 Å². The molecule has 0 aliphatic heterocycles. The number of rotatable bonds is 3. The van der Waals surface area contributed by atoms with Crippen LogP contribution >= 0.6 is 0 Å². The summed E-state index contributed by atoms with van der Waals surface area (Å²) >= 11 is 0. The van der Waals surface area contributed by atoms with Crippen LogP contribution in [0.3, 0.4) is 0 Å². The van der Waals surface area contributed by atoms with Crippen molar-refractivity contribution in [2.24, 2.45) is 0 Å². The Balaban J connectivity index is 2.40. The Kier molecular flexibility index (Phi) is 3.34. The molecule has 0 aromatic carbocycles. The van der Waals surface area contributed by atoms with Gasteiger partial charge in [0.05, 0.1) is 35.7 Å². The molecule has 2 aromatic rings. The van der Waals surface area contributed by atoms with Crippen LogP contribution < -0.4 is 10.5 Å². The first kappa shape index (κ1) is 13.2. The molecule has 0 unspecified atom stereocenters. The van der Waals surface area contributed by atoms with E-state index in [2.05, 4.69) is 19.7 Å². The van der Waals surface area contributed by atoms with Crippen LogP contribution in [0.25, 0.3) is 11.3 Å². The number of nitrogens with two attached hydrogens (primary N) is 1. The molecule has 2 aromatic heterocycles. The normalized spacial score (nSPS) is 11.3. The molecule has 0 aliphatic carbocycles. The van der Waals surface area contributed by atoms with E-state index in [1.165, 1.54) is 12.4 Å². The van der Waals surface area contributed by atoms with Crippen molar-refractivity contribution in [3.63, 3.8) is 0 Å². The molecule has 3 N–H and O–H groups in total. The number of nitrogen functional groups attached to an aromatic ring is 1. The molecule has 0 radical (unpaired) electrons. The fraction of sp³-hybridized carbons (Fsp3) is 0.182. The lowest BCUT2D eigenvalue weighted by Gasteiger charge is -2.06. The van der Waals surface area contributed by atoms with Crippen molar-refractivity contribution in [3.05, 3.63) is 30.4 Å². The summed E-state index contributed by atoms with van der Waals surface area (Å²) in [6.07, 6.45) is 5.59. The lowest BCUT2D eigenvalue weighted by molar-refractivity contribution is 0.607. The lowest BCUT2D eigenvalue weighted by Crippen LogP contribution is -2.09. The maximum absolute atomic E-state index is 11.2. The summed E-state index contributed by atoms with van der Waals surface area (Å²) in [7, 11) is -3.34. The summed E-state index contributed by atoms with van der Waals surface area (Å²) in [6.45, 7) is 1.75. The zero-order valence-corrected chi connectivity index (χ0v) is 11.3. The van der Waals surface area contributed by atoms with E-state index in [0.29, 0.717) is 28.5 Å². The summed E-state index contributed by atoms with van der Waals surface area (Å²) < 4.78 is 24.7. The summed E-state index contributed by atoms with van der Waals surface area (Å²) in [5.41, 5.74) is 7.82.